The van der Waals surface area contributed by atoms with Gasteiger partial charge in [-0.2, -0.15) is 4.98 Å². The molecule has 0 bridgehead atoms. The fraction of sp³-hybridized carbons (Fsp3) is 0.714. The summed E-state index contributed by atoms with van der Waals surface area (Å²) < 4.78 is 4.85. The molecule has 0 saturated carbocycles. The number of hydrogen-bond donors (Lipinski definition) is 1. The molecule has 1 aromatic heterocycles. The number of rotatable bonds is 3. The van der Waals surface area contributed by atoms with Crippen LogP contribution in [0.4, 0.5) is 0 Å². The molecule has 70 valence electrons. The van der Waals surface area contributed by atoms with E-state index in [4.69, 9.17) is 10.3 Å². The predicted octanol–water partition coefficient (Wildman–Crippen LogP) is 1.18. The van der Waals surface area contributed by atoms with Gasteiger partial charge >= 0.3 is 0 Å². The second-order valence-corrected chi connectivity index (χ2v) is 2.00. The second kappa shape index (κ2) is 7.48. The van der Waals surface area contributed by atoms with Gasteiger partial charge in [-0.3, -0.25) is 0 Å². The van der Waals surface area contributed by atoms with Crippen LogP contribution >= 0.6 is 22.6 Å². The van der Waals surface area contributed by atoms with E-state index in [1.807, 2.05) is 11.9 Å². The topological polar surface area (TPSA) is 64.9 Å². The van der Waals surface area contributed by atoms with E-state index >= 15 is 0 Å². The molecule has 0 aliphatic carbocycles. The Bertz CT molecular complexity index is 202. The lowest BCUT2D eigenvalue weighted by Crippen LogP contribution is -2.02. The van der Waals surface area contributed by atoms with Gasteiger partial charge in [0.25, 0.3) is 0 Å². The quantitative estimate of drug-likeness (QED) is 0.668. The average molecular weight is 283 g/mol. The van der Waals surface area contributed by atoms with Gasteiger partial charge in [0, 0.05) is 19.4 Å². The normalized spacial score (nSPS) is 9.00. The van der Waals surface area contributed by atoms with Crippen molar-refractivity contribution in [3.05, 3.63) is 11.7 Å². The average Bonchev–Trinajstić information content (AvgIpc) is 2.57. The Morgan fingerprint density at radius 1 is 1.50 bits per heavy atom. The van der Waals surface area contributed by atoms with Crippen molar-refractivity contribution in [1.29, 1.82) is 0 Å². The van der Waals surface area contributed by atoms with Gasteiger partial charge < -0.3 is 10.3 Å². The Morgan fingerprint density at radius 3 is 2.58 bits per heavy atom. The summed E-state index contributed by atoms with van der Waals surface area (Å²) in [6.45, 7) is 2.54. The highest BCUT2D eigenvalue weighted by Crippen LogP contribution is 1.96. The third-order valence-electron chi connectivity index (χ3n) is 1.18. The van der Waals surface area contributed by atoms with Crippen molar-refractivity contribution >= 4 is 22.6 Å². The summed E-state index contributed by atoms with van der Waals surface area (Å²) >= 11 is 2.15. The first-order valence-corrected chi connectivity index (χ1v) is 5.92. The number of hydrogen-bond acceptors (Lipinski definition) is 4. The van der Waals surface area contributed by atoms with E-state index in [0.29, 0.717) is 18.9 Å². The van der Waals surface area contributed by atoms with Gasteiger partial charge in [0.15, 0.2) is 5.82 Å². The Hall–Kier alpha value is -0.170. The van der Waals surface area contributed by atoms with Crippen molar-refractivity contribution in [2.45, 2.75) is 19.8 Å². The molecule has 0 aromatic carbocycles. The number of aromatic nitrogens is 2. The van der Waals surface area contributed by atoms with Crippen LogP contribution in [0, 0.1) is 0 Å². The minimum atomic E-state index is 0.561. The Morgan fingerprint density at radius 2 is 2.17 bits per heavy atom. The second-order valence-electron chi connectivity index (χ2n) is 2.00. The van der Waals surface area contributed by atoms with E-state index < -0.39 is 0 Å². The van der Waals surface area contributed by atoms with Gasteiger partial charge in [0.05, 0.1) is 0 Å². The maximum absolute atomic E-state index is 5.28. The van der Waals surface area contributed by atoms with Crippen LogP contribution in [0.5, 0.6) is 0 Å². The predicted molar refractivity (Wildman–Crippen MR) is 56.4 cm³/mol. The molecule has 12 heavy (non-hydrogen) atoms. The van der Waals surface area contributed by atoms with Crippen LogP contribution in [0.25, 0.3) is 0 Å². The molecule has 0 saturated heterocycles. The van der Waals surface area contributed by atoms with Gasteiger partial charge in [-0.05, 0) is 4.93 Å². The lowest BCUT2D eigenvalue weighted by atomic mass is 10.4. The van der Waals surface area contributed by atoms with Crippen molar-refractivity contribution in [1.82, 2.24) is 10.1 Å². The third kappa shape index (κ3) is 4.01. The van der Waals surface area contributed by atoms with Gasteiger partial charge in [0.1, 0.15) is 0 Å². The molecule has 0 radical (unpaired) electrons. The molecule has 0 aliphatic heterocycles. The Labute approximate surface area is 86.0 Å². The maximum Gasteiger partial charge on any atom is 0.227 e. The molecule has 0 atom stereocenters. The lowest BCUT2D eigenvalue weighted by molar-refractivity contribution is 0.374. The van der Waals surface area contributed by atoms with E-state index in [1.54, 1.807) is 0 Å². The van der Waals surface area contributed by atoms with E-state index in [2.05, 4.69) is 32.7 Å². The molecule has 0 spiro atoms. The molecule has 0 amide bonds. The molecule has 0 aliphatic rings. The van der Waals surface area contributed by atoms with Gasteiger partial charge in [-0.15, -0.1) is 0 Å². The third-order valence-corrected chi connectivity index (χ3v) is 1.18. The minimum Gasteiger partial charge on any atom is -0.339 e. The molecule has 4 nitrogen and oxygen atoms in total. The molecule has 1 heterocycles. The zero-order chi connectivity index (χ0) is 9.40. The van der Waals surface area contributed by atoms with E-state index in [-0.39, 0.29) is 0 Å². The molecule has 0 unspecified atom stereocenters. The van der Waals surface area contributed by atoms with Crippen LogP contribution in [0.15, 0.2) is 4.52 Å². The van der Waals surface area contributed by atoms with Crippen molar-refractivity contribution in [2.24, 2.45) is 5.73 Å². The highest BCUT2D eigenvalue weighted by molar-refractivity contribution is 14.1. The van der Waals surface area contributed by atoms with Gasteiger partial charge in [-0.1, -0.05) is 34.7 Å². The molecule has 5 heteroatoms. The molecule has 2 N–H and O–H groups in total. The van der Waals surface area contributed by atoms with E-state index in [0.717, 1.165) is 12.2 Å². The number of aryl methyl sites for hydroxylation is 1. The van der Waals surface area contributed by atoms with Crippen LogP contribution in [0.1, 0.15) is 18.6 Å². The first-order chi connectivity index (χ1) is 5.86. The van der Waals surface area contributed by atoms with Crippen LogP contribution in [-0.4, -0.2) is 21.6 Å². The fourth-order valence-electron chi connectivity index (χ4n) is 0.659. The number of nitrogens with two attached hydrogens (primary N) is 1. The Kier molecular flexibility index (Phi) is 7.37. The van der Waals surface area contributed by atoms with E-state index in [9.17, 15) is 0 Å². The Balaban J connectivity index is 0.000000561. The number of alkyl halides is 1. The van der Waals surface area contributed by atoms with Crippen LogP contribution in [-0.2, 0) is 12.8 Å². The summed E-state index contributed by atoms with van der Waals surface area (Å²) in [5, 5.41) is 3.71. The largest absolute Gasteiger partial charge is 0.339 e. The smallest absolute Gasteiger partial charge is 0.227 e. The summed E-state index contributed by atoms with van der Waals surface area (Å²) in [5.41, 5.74) is 5.28. The van der Waals surface area contributed by atoms with Crippen molar-refractivity contribution < 1.29 is 4.52 Å². The monoisotopic (exact) mass is 283 g/mol. The zero-order valence-electron chi connectivity index (χ0n) is 7.38. The van der Waals surface area contributed by atoms with Crippen molar-refractivity contribution in [3.8, 4) is 0 Å². The van der Waals surface area contributed by atoms with E-state index in [1.165, 1.54) is 0 Å². The first-order valence-electron chi connectivity index (χ1n) is 3.76. The summed E-state index contributed by atoms with van der Waals surface area (Å²) in [7, 11) is 0. The highest BCUT2D eigenvalue weighted by atomic mass is 127. The van der Waals surface area contributed by atoms with Crippen LogP contribution in [0.3, 0.4) is 0 Å². The highest BCUT2D eigenvalue weighted by Gasteiger charge is 2.01. The molecule has 1 aromatic rings. The van der Waals surface area contributed by atoms with Crippen molar-refractivity contribution in [3.63, 3.8) is 0 Å². The minimum absolute atomic E-state index is 0.561. The summed E-state index contributed by atoms with van der Waals surface area (Å²) in [4.78, 5) is 6.03. The summed E-state index contributed by atoms with van der Waals surface area (Å²) in [6.07, 6.45) is 1.49. The SMILES string of the molecule is CCc1noc(CCN)n1.CI. The zero-order valence-corrected chi connectivity index (χ0v) is 9.54. The molecule has 0 fully saturated rings. The van der Waals surface area contributed by atoms with Gasteiger partial charge in [-0.25, -0.2) is 0 Å². The standard InChI is InChI=1S/C6H11N3O.CH3I/c1-2-5-8-6(3-4-7)10-9-5;1-2/h2-4,7H2,1H3;1H3. The summed E-state index contributed by atoms with van der Waals surface area (Å²) in [5.74, 6) is 1.39. The lowest BCUT2D eigenvalue weighted by Gasteiger charge is -1.83. The van der Waals surface area contributed by atoms with Crippen LogP contribution < -0.4 is 5.73 Å². The van der Waals surface area contributed by atoms with Crippen LogP contribution in [0.2, 0.25) is 0 Å². The number of nitrogens with zero attached hydrogens (tertiary/aromatic N) is 2. The maximum atomic E-state index is 5.28. The molecule has 1 rings (SSSR count). The van der Waals surface area contributed by atoms with Gasteiger partial charge in [0.2, 0.25) is 5.89 Å². The van der Waals surface area contributed by atoms with Crippen molar-refractivity contribution in [2.75, 3.05) is 11.5 Å². The molecular weight excluding hydrogens is 269 g/mol. The molecular formula is C7H14IN3O. The number of halogens is 1. The fourth-order valence-corrected chi connectivity index (χ4v) is 0.659. The first kappa shape index (κ1) is 11.8. The summed E-state index contributed by atoms with van der Waals surface area (Å²) in [6, 6.07) is 0.